The highest BCUT2D eigenvalue weighted by Gasteiger charge is 2.45. The van der Waals surface area contributed by atoms with Crippen molar-refractivity contribution in [2.75, 3.05) is 19.6 Å². The second-order valence-electron chi connectivity index (χ2n) is 8.15. The minimum Gasteiger partial charge on any atom is -0.487 e. The number of carbonyl (C=O) groups excluding carboxylic acids is 1. The van der Waals surface area contributed by atoms with Crippen LogP contribution in [-0.2, 0) is 10.0 Å². The van der Waals surface area contributed by atoms with Crippen LogP contribution >= 0.6 is 0 Å². The fourth-order valence-corrected chi connectivity index (χ4v) is 6.21. The number of para-hydroxylation sites is 1. The molecule has 2 aromatic rings. The molecule has 9 heteroatoms. The van der Waals surface area contributed by atoms with Gasteiger partial charge in [-0.3, -0.25) is 4.79 Å². The molecule has 2 fully saturated rings. The first-order valence-electron chi connectivity index (χ1n) is 10.4. The van der Waals surface area contributed by atoms with Crippen LogP contribution in [0.1, 0.15) is 36.2 Å². The van der Waals surface area contributed by atoms with Gasteiger partial charge in [0.2, 0.25) is 10.0 Å². The van der Waals surface area contributed by atoms with Gasteiger partial charge in [-0.25, -0.2) is 18.4 Å². The van der Waals surface area contributed by atoms with Gasteiger partial charge in [0.25, 0.3) is 5.91 Å². The van der Waals surface area contributed by atoms with E-state index >= 15 is 0 Å². The molecule has 0 unspecified atom stereocenters. The van der Waals surface area contributed by atoms with Crippen molar-refractivity contribution < 1.29 is 17.9 Å². The molecule has 1 aliphatic carbocycles. The monoisotopic (exact) mass is 428 g/mol. The summed E-state index contributed by atoms with van der Waals surface area (Å²) in [5, 5.41) is 0. The summed E-state index contributed by atoms with van der Waals surface area (Å²) in [5.74, 6) is 0.653. The third kappa shape index (κ3) is 3.56. The highest BCUT2D eigenvalue weighted by molar-refractivity contribution is 7.89. The number of ether oxygens (including phenoxy) is 1. The molecular formula is C21H24N4O4S. The maximum absolute atomic E-state index is 13.5. The number of amides is 1. The molecule has 5 rings (SSSR count). The summed E-state index contributed by atoms with van der Waals surface area (Å²) in [4.78, 5) is 22.8. The van der Waals surface area contributed by atoms with Gasteiger partial charge < -0.3 is 9.64 Å². The van der Waals surface area contributed by atoms with E-state index in [1.807, 2.05) is 0 Å². The van der Waals surface area contributed by atoms with Crippen LogP contribution in [0.3, 0.4) is 0 Å². The summed E-state index contributed by atoms with van der Waals surface area (Å²) in [7, 11) is -3.67. The topological polar surface area (TPSA) is 92.7 Å². The zero-order valence-corrected chi connectivity index (χ0v) is 17.4. The van der Waals surface area contributed by atoms with E-state index in [0.717, 1.165) is 12.8 Å². The van der Waals surface area contributed by atoms with Crippen molar-refractivity contribution in [1.82, 2.24) is 19.2 Å². The first-order valence-corrected chi connectivity index (χ1v) is 11.8. The zero-order valence-electron chi connectivity index (χ0n) is 16.6. The second kappa shape index (κ2) is 7.63. The van der Waals surface area contributed by atoms with Crippen LogP contribution in [0.25, 0.3) is 0 Å². The van der Waals surface area contributed by atoms with E-state index in [-0.39, 0.29) is 22.9 Å². The van der Waals surface area contributed by atoms with Crippen molar-refractivity contribution in [3.63, 3.8) is 0 Å². The molecule has 2 atom stereocenters. The Hall–Kier alpha value is -2.52. The third-order valence-corrected chi connectivity index (χ3v) is 8.05. The first kappa shape index (κ1) is 19.4. The Morgan fingerprint density at radius 3 is 2.67 bits per heavy atom. The van der Waals surface area contributed by atoms with Crippen LogP contribution < -0.4 is 4.74 Å². The fourth-order valence-electron chi connectivity index (χ4n) is 4.33. The van der Waals surface area contributed by atoms with E-state index in [4.69, 9.17) is 4.74 Å². The van der Waals surface area contributed by atoms with Gasteiger partial charge in [0.15, 0.2) is 0 Å². The molecule has 3 heterocycles. The molecule has 1 saturated carbocycles. The predicted molar refractivity (Wildman–Crippen MR) is 108 cm³/mol. The number of rotatable bonds is 3. The lowest BCUT2D eigenvalue weighted by atomic mass is 10.1. The lowest BCUT2D eigenvalue weighted by Crippen LogP contribution is -2.48. The minimum absolute atomic E-state index is 0.161. The summed E-state index contributed by atoms with van der Waals surface area (Å²) in [5.41, 5.74) is 0.348. The third-order valence-electron chi connectivity index (χ3n) is 6.11. The molecule has 1 aromatic carbocycles. The first-order chi connectivity index (χ1) is 14.5. The zero-order chi connectivity index (χ0) is 20.7. The lowest BCUT2D eigenvalue weighted by Gasteiger charge is -2.31. The highest BCUT2D eigenvalue weighted by atomic mass is 32.2. The molecule has 2 aliphatic heterocycles. The summed E-state index contributed by atoms with van der Waals surface area (Å²) in [6.07, 6.45) is 5.82. The smallest absolute Gasteiger partial charge is 0.272 e. The van der Waals surface area contributed by atoms with E-state index in [0.29, 0.717) is 49.8 Å². The van der Waals surface area contributed by atoms with Crippen LogP contribution in [0.15, 0.2) is 47.8 Å². The van der Waals surface area contributed by atoms with Gasteiger partial charge in [0, 0.05) is 32.3 Å². The number of nitrogens with zero attached hydrogens (tertiary/aromatic N) is 4. The van der Waals surface area contributed by atoms with Crippen LogP contribution in [-0.4, -0.2) is 65.3 Å². The van der Waals surface area contributed by atoms with E-state index in [9.17, 15) is 13.2 Å². The molecule has 158 valence electrons. The number of fused-ring (bicyclic) bond motifs is 2. The largest absolute Gasteiger partial charge is 0.487 e. The Labute approximate surface area is 175 Å². The highest BCUT2D eigenvalue weighted by Crippen LogP contribution is 2.39. The minimum atomic E-state index is -3.67. The van der Waals surface area contributed by atoms with E-state index in [1.54, 1.807) is 45.7 Å². The molecule has 1 aromatic heterocycles. The molecule has 1 amide bonds. The van der Waals surface area contributed by atoms with Crippen LogP contribution in [0, 0.1) is 5.92 Å². The van der Waals surface area contributed by atoms with Crippen LogP contribution in [0.4, 0.5) is 0 Å². The number of benzene rings is 1. The quantitative estimate of drug-likeness (QED) is 0.742. The van der Waals surface area contributed by atoms with Crippen molar-refractivity contribution in [3.05, 3.63) is 48.5 Å². The van der Waals surface area contributed by atoms with E-state index in [2.05, 4.69) is 9.97 Å². The van der Waals surface area contributed by atoms with Gasteiger partial charge in [-0.05, 0) is 43.4 Å². The van der Waals surface area contributed by atoms with Gasteiger partial charge in [0.05, 0.1) is 6.04 Å². The molecule has 30 heavy (non-hydrogen) atoms. The Balaban J connectivity index is 1.46. The fraction of sp³-hybridized carbons (Fsp3) is 0.476. The standard InChI is InChI=1S/C21H24N4O4S/c26-21(16-7-10-22-14-23-16)24-11-8-17-18(9-12-24)29-19-3-1-2-4-20(19)30(27,28)25(17)13-15-5-6-15/h1-4,7,10,14-15,17-18H,5-6,8-9,11-13H2/t17-,18-/m0/s1. The number of hydrogen-bond acceptors (Lipinski definition) is 6. The Kier molecular flexibility index (Phi) is 4.94. The van der Waals surface area contributed by atoms with Gasteiger partial charge in [-0.1, -0.05) is 12.1 Å². The lowest BCUT2D eigenvalue weighted by molar-refractivity contribution is 0.0749. The van der Waals surface area contributed by atoms with Crippen molar-refractivity contribution >= 4 is 15.9 Å². The Morgan fingerprint density at radius 2 is 1.90 bits per heavy atom. The van der Waals surface area contributed by atoms with Crippen molar-refractivity contribution in [1.29, 1.82) is 0 Å². The molecule has 0 radical (unpaired) electrons. The van der Waals surface area contributed by atoms with Gasteiger partial charge in [-0.2, -0.15) is 4.31 Å². The molecule has 0 bridgehead atoms. The molecule has 8 nitrogen and oxygen atoms in total. The van der Waals surface area contributed by atoms with Crippen LogP contribution in [0.2, 0.25) is 0 Å². The number of aromatic nitrogens is 2. The second-order valence-corrected chi connectivity index (χ2v) is 10.0. The van der Waals surface area contributed by atoms with Gasteiger partial charge >= 0.3 is 0 Å². The van der Waals surface area contributed by atoms with E-state index in [1.165, 1.54) is 6.33 Å². The molecular weight excluding hydrogens is 404 g/mol. The average Bonchev–Trinajstić information content (AvgIpc) is 3.60. The maximum atomic E-state index is 13.5. The summed E-state index contributed by atoms with van der Waals surface area (Å²) < 4.78 is 35.0. The number of hydrogen-bond donors (Lipinski definition) is 0. The van der Waals surface area contributed by atoms with Crippen LogP contribution in [0.5, 0.6) is 5.75 Å². The number of likely N-dealkylation sites (tertiary alicyclic amines) is 1. The van der Waals surface area contributed by atoms with Crippen molar-refractivity contribution in [2.24, 2.45) is 5.92 Å². The number of carbonyl (C=O) groups is 1. The van der Waals surface area contributed by atoms with Crippen molar-refractivity contribution in [3.8, 4) is 5.75 Å². The summed E-state index contributed by atoms with van der Waals surface area (Å²) in [6, 6.07) is 8.17. The Morgan fingerprint density at radius 1 is 1.10 bits per heavy atom. The SMILES string of the molecule is O=C(c1ccncn1)N1CC[C@@H]2Oc3ccccc3S(=O)(=O)N(CC3CC3)[C@H]2CC1. The molecule has 0 N–H and O–H groups in total. The summed E-state index contributed by atoms with van der Waals surface area (Å²) >= 11 is 0. The van der Waals surface area contributed by atoms with Gasteiger partial charge in [-0.15, -0.1) is 0 Å². The normalized spacial score (nSPS) is 25.9. The Bertz CT molecular complexity index is 1040. The average molecular weight is 429 g/mol. The van der Waals surface area contributed by atoms with E-state index < -0.39 is 10.0 Å². The number of sulfonamides is 1. The predicted octanol–water partition coefficient (Wildman–Crippen LogP) is 1.94. The molecule has 1 saturated heterocycles. The molecule has 3 aliphatic rings. The van der Waals surface area contributed by atoms with Gasteiger partial charge in [0.1, 0.15) is 28.8 Å². The van der Waals surface area contributed by atoms with Crippen molar-refractivity contribution in [2.45, 2.75) is 42.7 Å². The summed E-state index contributed by atoms with van der Waals surface area (Å²) in [6.45, 7) is 1.46. The molecule has 0 spiro atoms. The maximum Gasteiger partial charge on any atom is 0.272 e.